The lowest BCUT2D eigenvalue weighted by Crippen LogP contribution is -2.38. The molecule has 0 radical (unpaired) electrons. The maximum absolute atomic E-state index is 6.07. The van der Waals surface area contributed by atoms with Gasteiger partial charge in [0.05, 0.1) is 26.3 Å². The number of benzene rings is 1. The summed E-state index contributed by atoms with van der Waals surface area (Å²) in [6.07, 6.45) is 0. The monoisotopic (exact) mass is 544 g/mol. The van der Waals surface area contributed by atoms with Gasteiger partial charge in [-0.25, -0.2) is 4.99 Å². The number of halogens is 1. The van der Waals surface area contributed by atoms with E-state index in [9.17, 15) is 0 Å². The third-order valence-electron chi connectivity index (χ3n) is 4.72. The van der Waals surface area contributed by atoms with Crippen LogP contribution in [-0.4, -0.2) is 56.9 Å². The summed E-state index contributed by atoms with van der Waals surface area (Å²) in [5.41, 5.74) is 1.10. The molecule has 2 N–H and O–H groups in total. The lowest BCUT2D eigenvalue weighted by molar-refractivity contribution is 0.0322. The van der Waals surface area contributed by atoms with E-state index in [1.165, 1.54) is 9.75 Å². The first-order valence-corrected chi connectivity index (χ1v) is 11.1. The number of nitrogens with one attached hydrogen (secondary N) is 2. The number of thiophene rings is 1. The van der Waals surface area contributed by atoms with Gasteiger partial charge in [-0.2, -0.15) is 0 Å². The number of ether oxygens (including phenoxy) is 2. The average molecular weight is 545 g/mol. The second-order valence-electron chi connectivity index (χ2n) is 6.97. The van der Waals surface area contributed by atoms with Gasteiger partial charge in [0.2, 0.25) is 0 Å². The highest BCUT2D eigenvalue weighted by Gasteiger charge is 2.10. The second-order valence-corrected chi connectivity index (χ2v) is 8.34. The number of aliphatic imine (C=N–C) groups is 1. The van der Waals surface area contributed by atoms with Gasteiger partial charge < -0.3 is 20.1 Å². The van der Waals surface area contributed by atoms with Crippen LogP contribution in [0.1, 0.15) is 22.2 Å². The van der Waals surface area contributed by atoms with E-state index in [2.05, 4.69) is 47.6 Å². The Hall–Kier alpha value is -1.36. The van der Waals surface area contributed by atoms with Crippen molar-refractivity contribution in [3.05, 3.63) is 51.7 Å². The fourth-order valence-corrected chi connectivity index (χ4v) is 3.97. The Morgan fingerprint density at radius 3 is 2.70 bits per heavy atom. The fraction of sp³-hybridized carbons (Fsp3) is 0.500. The van der Waals surface area contributed by atoms with Gasteiger partial charge in [0, 0.05) is 41.5 Å². The van der Waals surface area contributed by atoms with Crippen LogP contribution >= 0.6 is 35.3 Å². The van der Waals surface area contributed by atoms with Crippen molar-refractivity contribution < 1.29 is 9.47 Å². The summed E-state index contributed by atoms with van der Waals surface area (Å²) in [6.45, 7) is 11.6. The number of hydrogen-bond acceptors (Lipinski definition) is 5. The summed E-state index contributed by atoms with van der Waals surface area (Å²) in [6, 6.07) is 12.5. The molecule has 0 amide bonds. The summed E-state index contributed by atoms with van der Waals surface area (Å²) >= 11 is 1.81. The van der Waals surface area contributed by atoms with E-state index < -0.39 is 0 Å². The molecule has 1 fully saturated rings. The van der Waals surface area contributed by atoms with Crippen LogP contribution in [0.3, 0.4) is 0 Å². The van der Waals surface area contributed by atoms with E-state index >= 15 is 0 Å². The van der Waals surface area contributed by atoms with Gasteiger partial charge in [-0.3, -0.25) is 4.90 Å². The van der Waals surface area contributed by atoms with Crippen LogP contribution in [0.15, 0.2) is 41.4 Å². The van der Waals surface area contributed by atoms with Crippen LogP contribution in [0.4, 0.5) is 0 Å². The molecule has 1 aliphatic rings. The van der Waals surface area contributed by atoms with Gasteiger partial charge in [0.15, 0.2) is 5.96 Å². The highest BCUT2D eigenvalue weighted by atomic mass is 127. The van der Waals surface area contributed by atoms with Crippen LogP contribution < -0.4 is 15.4 Å². The van der Waals surface area contributed by atoms with Gasteiger partial charge in [-0.05, 0) is 32.0 Å². The average Bonchev–Trinajstić information content (AvgIpc) is 3.17. The maximum atomic E-state index is 6.07. The predicted molar refractivity (Wildman–Crippen MR) is 135 cm³/mol. The maximum Gasteiger partial charge on any atom is 0.191 e. The molecular formula is C22H33IN4O2S. The Morgan fingerprint density at radius 1 is 1.17 bits per heavy atom. The lowest BCUT2D eigenvalue weighted by atomic mass is 10.2. The zero-order valence-corrected chi connectivity index (χ0v) is 21.0. The molecule has 2 heterocycles. The zero-order valence-electron chi connectivity index (χ0n) is 17.9. The fourth-order valence-electron chi connectivity index (χ4n) is 3.14. The summed E-state index contributed by atoms with van der Waals surface area (Å²) in [5.74, 6) is 1.73. The molecule has 0 unspecified atom stereocenters. The number of para-hydroxylation sites is 1. The highest BCUT2D eigenvalue weighted by Crippen LogP contribution is 2.19. The van der Waals surface area contributed by atoms with Crippen LogP contribution in [0.2, 0.25) is 0 Å². The smallest absolute Gasteiger partial charge is 0.191 e. The van der Waals surface area contributed by atoms with Crippen molar-refractivity contribution in [1.82, 2.24) is 15.5 Å². The zero-order chi connectivity index (χ0) is 20.3. The molecule has 3 rings (SSSR count). The molecule has 6 nitrogen and oxygen atoms in total. The molecule has 0 aliphatic carbocycles. The minimum atomic E-state index is 0. The Kier molecular flexibility index (Phi) is 11.5. The minimum Gasteiger partial charge on any atom is -0.492 e. The van der Waals surface area contributed by atoms with Crippen LogP contribution in [-0.2, 0) is 17.8 Å². The molecule has 1 aromatic heterocycles. The Bertz CT molecular complexity index is 778. The molecule has 0 saturated carbocycles. The van der Waals surface area contributed by atoms with Gasteiger partial charge in [-0.15, -0.1) is 35.3 Å². The van der Waals surface area contributed by atoms with Crippen molar-refractivity contribution in [2.45, 2.75) is 26.9 Å². The summed E-state index contributed by atoms with van der Waals surface area (Å²) in [5, 5.41) is 6.74. The van der Waals surface area contributed by atoms with E-state index in [0.29, 0.717) is 13.2 Å². The molecule has 0 bridgehead atoms. The number of aryl methyl sites for hydroxylation is 1. The lowest BCUT2D eigenvalue weighted by Gasteiger charge is -2.26. The van der Waals surface area contributed by atoms with Gasteiger partial charge in [-0.1, -0.05) is 18.2 Å². The molecule has 0 spiro atoms. The van der Waals surface area contributed by atoms with E-state index in [4.69, 9.17) is 14.5 Å². The van der Waals surface area contributed by atoms with E-state index in [0.717, 1.165) is 63.2 Å². The van der Waals surface area contributed by atoms with Crippen LogP contribution in [0.25, 0.3) is 0 Å². The van der Waals surface area contributed by atoms with Gasteiger partial charge in [0.1, 0.15) is 12.4 Å². The van der Waals surface area contributed by atoms with Crippen molar-refractivity contribution in [2.75, 3.05) is 46.0 Å². The number of guanidine groups is 1. The summed E-state index contributed by atoms with van der Waals surface area (Å²) < 4.78 is 11.5. The largest absolute Gasteiger partial charge is 0.492 e. The molecule has 1 saturated heterocycles. The van der Waals surface area contributed by atoms with E-state index in [1.807, 2.05) is 29.5 Å². The molecule has 2 aromatic rings. The number of nitrogens with zero attached hydrogens (tertiary/aromatic N) is 2. The van der Waals surface area contributed by atoms with Crippen LogP contribution in [0, 0.1) is 6.92 Å². The normalized spacial score (nSPS) is 14.8. The standard InChI is InChI=1S/C22H32N4O2S.HI/c1-3-23-22(25-17-20-9-8-18(2)29-20)24-16-19-6-4-5-7-21(19)28-15-12-26-10-13-27-14-11-26;/h4-9H,3,10-17H2,1-2H3,(H2,23,24,25);1H. The van der Waals surface area contributed by atoms with Gasteiger partial charge >= 0.3 is 0 Å². The SMILES string of the molecule is CCNC(=NCc1ccccc1OCCN1CCOCC1)NCc1ccc(C)s1.I. The number of rotatable bonds is 9. The number of morpholine rings is 1. The third-order valence-corrected chi connectivity index (χ3v) is 5.72. The van der Waals surface area contributed by atoms with Crippen molar-refractivity contribution in [3.63, 3.8) is 0 Å². The van der Waals surface area contributed by atoms with Crippen molar-refractivity contribution >= 4 is 41.3 Å². The van der Waals surface area contributed by atoms with E-state index in [-0.39, 0.29) is 24.0 Å². The summed E-state index contributed by atoms with van der Waals surface area (Å²) in [4.78, 5) is 9.77. The minimum absolute atomic E-state index is 0. The third kappa shape index (κ3) is 8.41. The van der Waals surface area contributed by atoms with Crippen molar-refractivity contribution in [1.29, 1.82) is 0 Å². The number of hydrogen-bond donors (Lipinski definition) is 2. The first kappa shape index (κ1) is 24.9. The topological polar surface area (TPSA) is 58.1 Å². The Labute approximate surface area is 201 Å². The second kappa shape index (κ2) is 13.8. The first-order valence-electron chi connectivity index (χ1n) is 10.3. The molecular weight excluding hydrogens is 511 g/mol. The van der Waals surface area contributed by atoms with Crippen LogP contribution in [0.5, 0.6) is 5.75 Å². The quantitative estimate of drug-likeness (QED) is 0.287. The Balaban J connectivity index is 0.00000320. The predicted octanol–water partition coefficient (Wildman–Crippen LogP) is 3.64. The van der Waals surface area contributed by atoms with Gasteiger partial charge in [0.25, 0.3) is 0 Å². The Morgan fingerprint density at radius 2 is 1.97 bits per heavy atom. The highest BCUT2D eigenvalue weighted by molar-refractivity contribution is 14.0. The molecule has 30 heavy (non-hydrogen) atoms. The molecule has 1 aliphatic heterocycles. The molecule has 1 aromatic carbocycles. The van der Waals surface area contributed by atoms with Crippen molar-refractivity contribution in [2.24, 2.45) is 4.99 Å². The molecule has 0 atom stereocenters. The molecule has 166 valence electrons. The molecule has 8 heteroatoms. The summed E-state index contributed by atoms with van der Waals surface area (Å²) in [7, 11) is 0. The van der Waals surface area contributed by atoms with E-state index in [1.54, 1.807) is 0 Å². The first-order chi connectivity index (χ1) is 14.2. The van der Waals surface area contributed by atoms with Crippen molar-refractivity contribution in [3.8, 4) is 5.75 Å².